The van der Waals surface area contributed by atoms with Crippen molar-refractivity contribution < 1.29 is 9.53 Å². The van der Waals surface area contributed by atoms with Gasteiger partial charge in [-0.05, 0) is 23.8 Å². The Balaban J connectivity index is 1.85. The molecule has 29 heavy (non-hydrogen) atoms. The fourth-order valence-electron chi connectivity index (χ4n) is 2.42. The molecule has 144 valence electrons. The van der Waals surface area contributed by atoms with Crippen LogP contribution in [0.4, 0.5) is 5.69 Å². The van der Waals surface area contributed by atoms with Crippen LogP contribution in [0.15, 0.2) is 60.2 Å². The molecule has 0 fully saturated rings. The van der Waals surface area contributed by atoms with E-state index in [1.54, 1.807) is 31.4 Å². The number of halogens is 2. The largest absolute Gasteiger partial charge is 0.497 e. The first-order valence-corrected chi connectivity index (χ1v) is 9.13. The number of amides is 1. The summed E-state index contributed by atoms with van der Waals surface area (Å²) < 4.78 is 5.09. The van der Waals surface area contributed by atoms with E-state index in [9.17, 15) is 10.1 Å². The summed E-state index contributed by atoms with van der Waals surface area (Å²) in [6.45, 7) is 0. The Labute approximate surface area is 177 Å². The number of aromatic nitrogens is 2. The first-order valence-electron chi connectivity index (χ1n) is 8.37. The Morgan fingerprint density at radius 3 is 2.24 bits per heavy atom. The van der Waals surface area contributed by atoms with Crippen LogP contribution in [0, 0.1) is 11.3 Å². The number of anilines is 1. The Hall–Kier alpha value is -3.40. The zero-order chi connectivity index (χ0) is 20.8. The predicted molar refractivity (Wildman–Crippen MR) is 113 cm³/mol. The molecule has 0 spiro atoms. The molecule has 8 heteroatoms. The van der Waals surface area contributed by atoms with Crippen LogP contribution in [0.25, 0.3) is 17.5 Å². The zero-order valence-corrected chi connectivity index (χ0v) is 16.7. The molecule has 3 aromatic rings. The van der Waals surface area contributed by atoms with E-state index in [0.717, 1.165) is 5.56 Å². The number of carbonyl (C=O) groups is 1. The molecular weight excluding hydrogens is 411 g/mol. The van der Waals surface area contributed by atoms with Crippen molar-refractivity contribution >= 4 is 40.9 Å². The number of ether oxygens (including phenoxy) is 1. The number of nitrogens with zero attached hydrogens (tertiary/aromatic N) is 3. The zero-order valence-electron chi connectivity index (χ0n) is 15.2. The number of benzene rings is 2. The second-order valence-electron chi connectivity index (χ2n) is 5.77. The van der Waals surface area contributed by atoms with E-state index in [2.05, 4.69) is 15.3 Å². The molecule has 0 aliphatic rings. The summed E-state index contributed by atoms with van der Waals surface area (Å²) in [7, 11) is 1.55. The molecule has 0 saturated carbocycles. The molecule has 0 radical (unpaired) electrons. The Morgan fingerprint density at radius 1 is 1.07 bits per heavy atom. The number of carbonyl (C=O) groups excluding carboxylic acids is 1. The summed E-state index contributed by atoms with van der Waals surface area (Å²) in [4.78, 5) is 20.9. The highest BCUT2D eigenvalue weighted by Gasteiger charge is 2.17. The van der Waals surface area contributed by atoms with E-state index in [4.69, 9.17) is 27.9 Å². The average Bonchev–Trinajstić information content (AvgIpc) is 2.75. The molecule has 1 heterocycles. The van der Waals surface area contributed by atoms with Crippen LogP contribution in [0.1, 0.15) is 5.56 Å². The summed E-state index contributed by atoms with van der Waals surface area (Å²) in [5.74, 6) is 0.315. The van der Waals surface area contributed by atoms with E-state index in [0.29, 0.717) is 17.1 Å². The normalized spacial score (nSPS) is 10.9. The summed E-state index contributed by atoms with van der Waals surface area (Å²) in [6.07, 6.45) is 1.44. The van der Waals surface area contributed by atoms with E-state index < -0.39 is 5.91 Å². The molecule has 0 atom stereocenters. The second-order valence-corrected chi connectivity index (χ2v) is 6.48. The highest BCUT2D eigenvalue weighted by Crippen LogP contribution is 2.30. The fourth-order valence-corrected chi connectivity index (χ4v) is 2.91. The Kier molecular flexibility index (Phi) is 6.45. The van der Waals surface area contributed by atoms with E-state index in [-0.39, 0.29) is 21.6 Å². The van der Waals surface area contributed by atoms with Crippen LogP contribution in [-0.4, -0.2) is 23.0 Å². The first-order chi connectivity index (χ1) is 14.0. The van der Waals surface area contributed by atoms with Crippen LogP contribution in [0.2, 0.25) is 10.3 Å². The maximum absolute atomic E-state index is 12.5. The highest BCUT2D eigenvalue weighted by molar-refractivity contribution is 6.38. The minimum Gasteiger partial charge on any atom is -0.497 e. The van der Waals surface area contributed by atoms with E-state index in [1.165, 1.54) is 6.08 Å². The van der Waals surface area contributed by atoms with Gasteiger partial charge in [-0.25, -0.2) is 9.97 Å². The number of nitrogens with one attached hydrogen (secondary N) is 1. The van der Waals surface area contributed by atoms with Crippen LogP contribution < -0.4 is 10.1 Å². The van der Waals surface area contributed by atoms with Crippen molar-refractivity contribution in [3.63, 3.8) is 0 Å². The van der Waals surface area contributed by atoms with Crippen molar-refractivity contribution in [1.29, 1.82) is 5.26 Å². The van der Waals surface area contributed by atoms with E-state index >= 15 is 0 Å². The van der Waals surface area contributed by atoms with Gasteiger partial charge in [0.15, 0.2) is 16.1 Å². The lowest BCUT2D eigenvalue weighted by Crippen LogP contribution is -2.15. The lowest BCUT2D eigenvalue weighted by Gasteiger charge is -2.10. The van der Waals surface area contributed by atoms with Crippen LogP contribution >= 0.6 is 23.2 Å². The predicted octanol–water partition coefficient (Wildman–Crippen LogP) is 5.00. The summed E-state index contributed by atoms with van der Waals surface area (Å²) in [5, 5.41) is 11.8. The summed E-state index contributed by atoms with van der Waals surface area (Å²) in [6, 6.07) is 17.9. The van der Waals surface area contributed by atoms with E-state index in [1.807, 2.05) is 36.4 Å². The monoisotopic (exact) mass is 424 g/mol. The van der Waals surface area contributed by atoms with Gasteiger partial charge in [0.1, 0.15) is 23.1 Å². The van der Waals surface area contributed by atoms with Gasteiger partial charge in [-0.3, -0.25) is 4.79 Å². The Bertz CT molecular complexity index is 1080. The minimum atomic E-state index is -0.678. The first kappa shape index (κ1) is 20.3. The van der Waals surface area contributed by atoms with Gasteiger partial charge in [-0.1, -0.05) is 65.7 Å². The smallest absolute Gasteiger partial charge is 0.266 e. The molecule has 0 aliphatic heterocycles. The van der Waals surface area contributed by atoms with Gasteiger partial charge in [0.25, 0.3) is 5.91 Å². The van der Waals surface area contributed by atoms with Gasteiger partial charge < -0.3 is 10.1 Å². The quantitative estimate of drug-likeness (QED) is 0.353. The maximum atomic E-state index is 12.5. The van der Waals surface area contributed by atoms with Crippen molar-refractivity contribution in [3.05, 3.63) is 76.0 Å². The third-order valence-corrected chi connectivity index (χ3v) is 4.43. The van der Waals surface area contributed by atoms with Gasteiger partial charge in [0, 0.05) is 5.56 Å². The molecule has 1 aromatic heterocycles. The molecule has 1 amide bonds. The lowest BCUT2D eigenvalue weighted by molar-refractivity contribution is -0.112. The van der Waals surface area contributed by atoms with Crippen molar-refractivity contribution in [2.75, 3.05) is 12.4 Å². The lowest BCUT2D eigenvalue weighted by atomic mass is 10.1. The number of methoxy groups -OCH3 is 1. The standard InChI is InChI=1S/C21H14Cl2N4O2/c1-29-16-9-7-13(8-10-16)11-15(12-24)21(28)25-17-18(22)26-20(27-19(17)23)14-5-3-2-4-6-14/h2-11H,1H3,(H,25,28)/b15-11+. The van der Waals surface area contributed by atoms with Gasteiger partial charge in [-0.15, -0.1) is 0 Å². The fraction of sp³-hybridized carbons (Fsp3) is 0.0476. The van der Waals surface area contributed by atoms with Gasteiger partial charge in [0.05, 0.1) is 7.11 Å². The molecule has 0 unspecified atom stereocenters. The van der Waals surface area contributed by atoms with Crippen LogP contribution in [0.5, 0.6) is 5.75 Å². The second kappa shape index (κ2) is 9.20. The summed E-state index contributed by atoms with van der Waals surface area (Å²) in [5.41, 5.74) is 1.29. The molecule has 3 rings (SSSR count). The van der Waals surface area contributed by atoms with Gasteiger partial charge in [-0.2, -0.15) is 5.26 Å². The Morgan fingerprint density at radius 2 is 1.69 bits per heavy atom. The third-order valence-electron chi connectivity index (χ3n) is 3.88. The number of rotatable bonds is 5. The van der Waals surface area contributed by atoms with Crippen LogP contribution in [0.3, 0.4) is 0 Å². The molecule has 0 bridgehead atoms. The minimum absolute atomic E-state index is 0.0288. The third kappa shape index (κ3) is 4.91. The molecule has 2 aromatic carbocycles. The van der Waals surface area contributed by atoms with Crippen molar-refractivity contribution in [2.45, 2.75) is 0 Å². The number of hydrogen-bond acceptors (Lipinski definition) is 5. The maximum Gasteiger partial charge on any atom is 0.266 e. The molecule has 6 nitrogen and oxygen atoms in total. The number of hydrogen-bond donors (Lipinski definition) is 1. The van der Waals surface area contributed by atoms with Gasteiger partial charge in [0.2, 0.25) is 0 Å². The number of nitriles is 1. The molecule has 0 saturated heterocycles. The molecular formula is C21H14Cl2N4O2. The van der Waals surface area contributed by atoms with Crippen LogP contribution in [-0.2, 0) is 4.79 Å². The molecule has 0 aliphatic carbocycles. The SMILES string of the molecule is COc1ccc(/C=C(\C#N)C(=O)Nc2c(Cl)nc(-c3ccccc3)nc2Cl)cc1. The topological polar surface area (TPSA) is 87.9 Å². The van der Waals surface area contributed by atoms with Crippen molar-refractivity contribution in [2.24, 2.45) is 0 Å². The average molecular weight is 425 g/mol. The van der Waals surface area contributed by atoms with Crippen molar-refractivity contribution in [3.8, 4) is 23.2 Å². The molecule has 1 N–H and O–H groups in total. The van der Waals surface area contributed by atoms with Crippen molar-refractivity contribution in [1.82, 2.24) is 9.97 Å². The highest BCUT2D eigenvalue weighted by atomic mass is 35.5. The van der Waals surface area contributed by atoms with Gasteiger partial charge >= 0.3 is 0 Å². The summed E-state index contributed by atoms with van der Waals surface area (Å²) >= 11 is 12.4.